The van der Waals surface area contributed by atoms with E-state index in [4.69, 9.17) is 9.78 Å². The monoisotopic (exact) mass is 323 g/mol. The van der Waals surface area contributed by atoms with Gasteiger partial charge >= 0.3 is 0 Å². The zero-order valence-electron chi connectivity index (χ0n) is 14.9. The Hall–Kier alpha value is -1.20. The highest BCUT2D eigenvalue weighted by atomic mass is 17.2. The summed E-state index contributed by atoms with van der Waals surface area (Å²) in [7, 11) is 0. The van der Waals surface area contributed by atoms with Crippen molar-refractivity contribution in [2.45, 2.75) is 65.6 Å². The third kappa shape index (κ3) is 4.64. The molecule has 3 unspecified atom stereocenters. The van der Waals surface area contributed by atoms with Crippen LogP contribution in [0.5, 0.6) is 0 Å². The highest BCUT2D eigenvalue weighted by molar-refractivity contribution is 6.12. The van der Waals surface area contributed by atoms with E-state index in [2.05, 4.69) is 20.8 Å². The number of amides is 2. The minimum Gasteiger partial charge on any atom is -0.272 e. The van der Waals surface area contributed by atoms with Crippen LogP contribution in [0.15, 0.2) is 12.2 Å². The first-order chi connectivity index (χ1) is 10.7. The van der Waals surface area contributed by atoms with Crippen LogP contribution in [0.4, 0.5) is 0 Å². The maximum Gasteiger partial charge on any atom is 0.253 e. The molecular formula is C18H29NO4. The van der Waals surface area contributed by atoms with Gasteiger partial charge < -0.3 is 0 Å². The topological polar surface area (TPSA) is 55.8 Å². The normalized spacial score (nSPS) is 29.0. The molecule has 1 heterocycles. The van der Waals surface area contributed by atoms with E-state index in [0.29, 0.717) is 17.8 Å². The lowest BCUT2D eigenvalue weighted by molar-refractivity contribution is -0.390. The van der Waals surface area contributed by atoms with E-state index in [1.54, 1.807) is 0 Å². The highest BCUT2D eigenvalue weighted by Crippen LogP contribution is 2.36. The van der Waals surface area contributed by atoms with Gasteiger partial charge in [0, 0.05) is 12.2 Å². The Morgan fingerprint density at radius 3 is 2.39 bits per heavy atom. The Morgan fingerprint density at radius 1 is 1.22 bits per heavy atom. The number of hydrogen-bond donors (Lipinski definition) is 0. The van der Waals surface area contributed by atoms with Crippen molar-refractivity contribution in [1.82, 2.24) is 4.90 Å². The van der Waals surface area contributed by atoms with Crippen molar-refractivity contribution in [3.05, 3.63) is 12.2 Å². The van der Waals surface area contributed by atoms with Crippen molar-refractivity contribution in [2.24, 2.45) is 17.8 Å². The molecular weight excluding hydrogens is 294 g/mol. The Labute approximate surface area is 138 Å². The second-order valence-corrected chi connectivity index (χ2v) is 7.90. The van der Waals surface area contributed by atoms with Crippen LogP contribution in [0, 0.1) is 17.8 Å². The summed E-state index contributed by atoms with van der Waals surface area (Å²) < 4.78 is 0. The van der Waals surface area contributed by atoms with Gasteiger partial charge in [0.1, 0.15) is 5.60 Å². The molecule has 5 heteroatoms. The second-order valence-electron chi connectivity index (χ2n) is 7.90. The maximum absolute atomic E-state index is 11.7. The van der Waals surface area contributed by atoms with Crippen molar-refractivity contribution >= 4 is 11.8 Å². The predicted octanol–water partition coefficient (Wildman–Crippen LogP) is 3.10. The fraction of sp³-hybridized carbons (Fsp3) is 0.778. The van der Waals surface area contributed by atoms with Crippen LogP contribution < -0.4 is 0 Å². The summed E-state index contributed by atoms with van der Waals surface area (Å²) in [6.45, 7) is 10.5. The van der Waals surface area contributed by atoms with Crippen LogP contribution >= 0.6 is 0 Å². The van der Waals surface area contributed by atoms with Gasteiger partial charge in [-0.2, -0.15) is 0 Å². The number of imide groups is 1. The fourth-order valence-corrected chi connectivity index (χ4v) is 3.41. The Bertz CT molecular complexity index is 465. The molecule has 0 spiro atoms. The molecule has 1 saturated carbocycles. The molecule has 0 aromatic carbocycles. The van der Waals surface area contributed by atoms with Crippen molar-refractivity contribution in [3.8, 4) is 0 Å². The molecule has 2 aliphatic rings. The van der Waals surface area contributed by atoms with Gasteiger partial charge in [0.25, 0.3) is 11.8 Å². The summed E-state index contributed by atoms with van der Waals surface area (Å²) in [5, 5.41) is 0. The zero-order chi connectivity index (χ0) is 17.2. The first-order valence-corrected chi connectivity index (χ1v) is 8.57. The molecule has 0 bridgehead atoms. The number of hydrogen-bond acceptors (Lipinski definition) is 4. The lowest BCUT2D eigenvalue weighted by Gasteiger charge is -2.38. The summed E-state index contributed by atoms with van der Waals surface area (Å²) in [6.07, 6.45) is 6.02. The average molecular weight is 323 g/mol. The minimum absolute atomic E-state index is 0.0705. The molecule has 0 aromatic rings. The molecule has 5 nitrogen and oxygen atoms in total. The molecule has 1 fully saturated rings. The first-order valence-electron chi connectivity index (χ1n) is 8.57. The van der Waals surface area contributed by atoms with Crippen molar-refractivity contribution in [2.75, 3.05) is 6.54 Å². The van der Waals surface area contributed by atoms with E-state index in [1.807, 2.05) is 13.8 Å². The molecule has 0 saturated heterocycles. The number of carbonyl (C=O) groups is 2. The van der Waals surface area contributed by atoms with Gasteiger partial charge in [0.2, 0.25) is 0 Å². The SMILES string of the molecule is CC1CCC(C(C)C)C(OOC(C)(C)CN2C(=O)C=CC2=O)C1. The molecule has 0 aromatic heterocycles. The van der Waals surface area contributed by atoms with E-state index >= 15 is 0 Å². The van der Waals surface area contributed by atoms with E-state index < -0.39 is 5.60 Å². The van der Waals surface area contributed by atoms with E-state index in [9.17, 15) is 9.59 Å². The smallest absolute Gasteiger partial charge is 0.253 e. The van der Waals surface area contributed by atoms with Crippen LogP contribution in [-0.4, -0.2) is 35.0 Å². The molecule has 2 amide bonds. The maximum atomic E-state index is 11.7. The van der Waals surface area contributed by atoms with Crippen molar-refractivity contribution in [3.63, 3.8) is 0 Å². The molecule has 23 heavy (non-hydrogen) atoms. The highest BCUT2D eigenvalue weighted by Gasteiger charge is 2.36. The summed E-state index contributed by atoms with van der Waals surface area (Å²) in [5.41, 5.74) is -0.737. The quantitative estimate of drug-likeness (QED) is 0.428. The summed E-state index contributed by atoms with van der Waals surface area (Å²) in [6, 6.07) is 0. The number of carbonyl (C=O) groups excluding carboxylic acids is 2. The van der Waals surface area contributed by atoms with Crippen molar-refractivity contribution in [1.29, 1.82) is 0 Å². The van der Waals surface area contributed by atoms with E-state index in [-0.39, 0.29) is 24.5 Å². The summed E-state index contributed by atoms with van der Waals surface area (Å²) >= 11 is 0. The van der Waals surface area contributed by atoms with Gasteiger partial charge in [0.15, 0.2) is 0 Å². The van der Waals surface area contributed by atoms with Gasteiger partial charge in [-0.15, -0.1) is 0 Å². The largest absolute Gasteiger partial charge is 0.272 e. The minimum atomic E-state index is -0.737. The Morgan fingerprint density at radius 2 is 1.83 bits per heavy atom. The van der Waals surface area contributed by atoms with Gasteiger partial charge in [-0.1, -0.05) is 27.2 Å². The lowest BCUT2D eigenvalue weighted by atomic mass is 9.75. The van der Waals surface area contributed by atoms with E-state index in [0.717, 1.165) is 12.8 Å². The zero-order valence-corrected chi connectivity index (χ0v) is 14.9. The molecule has 1 aliphatic carbocycles. The standard InChI is InChI=1S/C18H29NO4/c1-12(2)14-7-6-13(3)10-15(14)22-23-18(4,5)11-19-16(20)8-9-17(19)21/h8-9,12-15H,6-7,10-11H2,1-5H3. The van der Waals surface area contributed by atoms with Crippen molar-refractivity contribution < 1.29 is 19.4 Å². The summed E-state index contributed by atoms with van der Waals surface area (Å²) in [5.74, 6) is 1.08. The van der Waals surface area contributed by atoms with Crippen LogP contribution in [0.3, 0.4) is 0 Å². The second kappa shape index (κ2) is 7.14. The van der Waals surface area contributed by atoms with Crippen LogP contribution in [0.25, 0.3) is 0 Å². The fourth-order valence-electron chi connectivity index (χ4n) is 3.41. The first kappa shape index (κ1) is 18.1. The third-order valence-corrected chi connectivity index (χ3v) is 4.80. The molecule has 2 rings (SSSR count). The van der Waals surface area contributed by atoms with Gasteiger partial charge in [-0.3, -0.25) is 14.5 Å². The molecule has 130 valence electrons. The Balaban J connectivity index is 1.92. The lowest BCUT2D eigenvalue weighted by Crippen LogP contribution is -2.45. The number of rotatable bonds is 6. The van der Waals surface area contributed by atoms with Crippen LogP contribution in [0.2, 0.25) is 0 Å². The average Bonchev–Trinajstić information content (AvgIpc) is 2.76. The van der Waals surface area contributed by atoms with E-state index in [1.165, 1.54) is 23.5 Å². The number of nitrogens with zero attached hydrogens (tertiary/aromatic N) is 1. The predicted molar refractivity (Wildman–Crippen MR) is 87.2 cm³/mol. The third-order valence-electron chi connectivity index (χ3n) is 4.80. The van der Waals surface area contributed by atoms with Gasteiger partial charge in [-0.05, 0) is 44.4 Å². The Kier molecular flexibility index (Phi) is 5.63. The molecule has 0 radical (unpaired) electrons. The van der Waals surface area contributed by atoms with Gasteiger partial charge in [0.05, 0.1) is 12.6 Å². The molecule has 1 aliphatic heterocycles. The van der Waals surface area contributed by atoms with Gasteiger partial charge in [-0.25, -0.2) is 9.78 Å². The summed E-state index contributed by atoms with van der Waals surface area (Å²) in [4.78, 5) is 36.0. The molecule has 3 atom stereocenters. The molecule has 0 N–H and O–H groups in total. The van der Waals surface area contributed by atoms with Crippen LogP contribution in [0.1, 0.15) is 53.9 Å². The van der Waals surface area contributed by atoms with Crippen LogP contribution in [-0.2, 0) is 19.4 Å².